The maximum absolute atomic E-state index is 5.81. The second kappa shape index (κ2) is 8.76. The zero-order chi connectivity index (χ0) is 17.3. The van der Waals surface area contributed by atoms with Crippen LogP contribution in [0.1, 0.15) is 5.56 Å². The van der Waals surface area contributed by atoms with Crippen LogP contribution in [0.5, 0.6) is 0 Å². The first-order chi connectivity index (χ1) is 11.5. The number of aryl methyl sites for hydroxylation is 1. The van der Waals surface area contributed by atoms with Crippen LogP contribution >= 0.6 is 36.2 Å². The molecule has 0 bridgehead atoms. The quantitative estimate of drug-likeness (QED) is 0.356. The van der Waals surface area contributed by atoms with E-state index < -0.39 is 0 Å². The Morgan fingerprint density at radius 1 is 1.15 bits per heavy atom. The van der Waals surface area contributed by atoms with E-state index in [1.54, 1.807) is 11.7 Å². The summed E-state index contributed by atoms with van der Waals surface area (Å²) in [4.78, 5) is 17.1. The molecule has 13 heteroatoms. The molecule has 0 amide bonds. The molecule has 0 aliphatic carbocycles. The van der Waals surface area contributed by atoms with Crippen molar-refractivity contribution in [2.75, 3.05) is 5.73 Å². The van der Waals surface area contributed by atoms with Gasteiger partial charge in [-0.3, -0.25) is 0 Å². The summed E-state index contributed by atoms with van der Waals surface area (Å²) in [5.74, 6) is 0.686. The number of hydrogen-bond donors (Lipinski definition) is 4. The second-order valence-corrected chi connectivity index (χ2v) is 5.71. The standard InChI is InChI=1S/C13H16N10S.2ClH/c1-23-10(20-12(17)22-23)7-3-2-6(4-14)9(18-7)8-5-24-13(19-8)21-11(15)16;;/h2-3,5H,4,14H2,1H3,(H2,17,22)(H4,15,16,19,21);2*1H. The lowest BCUT2D eigenvalue weighted by atomic mass is 10.1. The topological polar surface area (TPSA) is 173 Å². The summed E-state index contributed by atoms with van der Waals surface area (Å²) in [7, 11) is 1.75. The van der Waals surface area contributed by atoms with Crippen molar-refractivity contribution in [3.63, 3.8) is 0 Å². The Hall–Kier alpha value is -2.47. The van der Waals surface area contributed by atoms with E-state index in [4.69, 9.17) is 22.9 Å². The van der Waals surface area contributed by atoms with Crippen LogP contribution in [0.25, 0.3) is 22.9 Å². The number of rotatable bonds is 4. The molecule has 8 N–H and O–H groups in total. The first-order valence-electron chi connectivity index (χ1n) is 6.90. The molecule has 0 spiro atoms. The third kappa shape index (κ3) is 4.38. The van der Waals surface area contributed by atoms with Crippen molar-refractivity contribution in [1.29, 1.82) is 0 Å². The van der Waals surface area contributed by atoms with Gasteiger partial charge < -0.3 is 22.9 Å². The van der Waals surface area contributed by atoms with Crippen LogP contribution in [0.4, 0.5) is 11.1 Å². The van der Waals surface area contributed by atoms with Crippen molar-refractivity contribution in [1.82, 2.24) is 24.7 Å². The zero-order valence-corrected chi connectivity index (χ0v) is 16.1. The molecule has 0 aromatic carbocycles. The molecule has 3 aromatic heterocycles. The van der Waals surface area contributed by atoms with Gasteiger partial charge in [-0.1, -0.05) is 6.07 Å². The van der Waals surface area contributed by atoms with Gasteiger partial charge in [0.05, 0.1) is 5.69 Å². The van der Waals surface area contributed by atoms with Crippen molar-refractivity contribution in [2.45, 2.75) is 6.54 Å². The van der Waals surface area contributed by atoms with E-state index in [0.29, 0.717) is 34.6 Å². The van der Waals surface area contributed by atoms with Crippen LogP contribution in [-0.2, 0) is 13.6 Å². The number of aliphatic imine (C=N–C) groups is 1. The summed E-state index contributed by atoms with van der Waals surface area (Å²) < 4.78 is 1.56. The third-order valence-corrected chi connectivity index (χ3v) is 3.90. The first kappa shape index (κ1) is 21.6. The lowest BCUT2D eigenvalue weighted by Crippen LogP contribution is -2.21. The van der Waals surface area contributed by atoms with Gasteiger partial charge in [0, 0.05) is 19.0 Å². The van der Waals surface area contributed by atoms with Crippen molar-refractivity contribution in [3.05, 3.63) is 23.1 Å². The minimum absolute atomic E-state index is 0. The molecule has 0 fully saturated rings. The molecule has 3 heterocycles. The number of guanidine groups is 1. The smallest absolute Gasteiger partial charge is 0.240 e. The lowest BCUT2D eigenvalue weighted by Gasteiger charge is -2.07. The van der Waals surface area contributed by atoms with E-state index in [2.05, 4.69) is 25.0 Å². The molecule has 3 aromatic rings. The molecule has 0 aliphatic heterocycles. The van der Waals surface area contributed by atoms with Crippen LogP contribution in [0.2, 0.25) is 0 Å². The molecule has 0 atom stereocenters. The van der Waals surface area contributed by atoms with Crippen molar-refractivity contribution in [3.8, 4) is 22.9 Å². The molecule has 3 rings (SSSR count). The largest absolute Gasteiger partial charge is 0.370 e. The normalized spacial score (nSPS) is 9.92. The van der Waals surface area contributed by atoms with Gasteiger partial charge in [0.25, 0.3) is 0 Å². The number of hydrogen-bond acceptors (Lipinski definition) is 8. The van der Waals surface area contributed by atoms with Crippen molar-refractivity contribution < 1.29 is 0 Å². The summed E-state index contributed by atoms with van der Waals surface area (Å²) in [6, 6.07) is 3.70. The van der Waals surface area contributed by atoms with Gasteiger partial charge in [0.2, 0.25) is 11.1 Å². The highest BCUT2D eigenvalue weighted by atomic mass is 35.5. The Bertz CT molecular complexity index is 916. The number of pyridine rings is 1. The zero-order valence-electron chi connectivity index (χ0n) is 13.7. The van der Waals surface area contributed by atoms with Gasteiger partial charge in [0.15, 0.2) is 11.8 Å². The summed E-state index contributed by atoms with van der Waals surface area (Å²) >= 11 is 1.31. The molecule has 0 aliphatic rings. The van der Waals surface area contributed by atoms with Gasteiger partial charge in [-0.25, -0.2) is 14.6 Å². The highest BCUT2D eigenvalue weighted by Crippen LogP contribution is 2.29. The monoisotopic (exact) mass is 416 g/mol. The number of nitrogens with zero attached hydrogens (tertiary/aromatic N) is 6. The lowest BCUT2D eigenvalue weighted by molar-refractivity contribution is 0.775. The van der Waals surface area contributed by atoms with Crippen LogP contribution < -0.4 is 22.9 Å². The maximum atomic E-state index is 5.81. The number of aromatic nitrogens is 5. The predicted molar refractivity (Wildman–Crippen MR) is 108 cm³/mol. The molecule has 0 saturated heterocycles. The van der Waals surface area contributed by atoms with Crippen molar-refractivity contribution in [2.24, 2.45) is 29.2 Å². The van der Waals surface area contributed by atoms with E-state index in [0.717, 1.165) is 5.56 Å². The van der Waals surface area contributed by atoms with E-state index in [1.165, 1.54) is 11.3 Å². The van der Waals surface area contributed by atoms with E-state index in [1.807, 2.05) is 17.5 Å². The fourth-order valence-electron chi connectivity index (χ4n) is 2.16. The number of thiazole rings is 1. The second-order valence-electron chi connectivity index (χ2n) is 4.88. The molecule has 0 saturated carbocycles. The third-order valence-electron chi connectivity index (χ3n) is 3.17. The molecular weight excluding hydrogens is 399 g/mol. The average Bonchev–Trinajstić information content (AvgIpc) is 3.12. The fraction of sp³-hybridized carbons (Fsp3) is 0.154. The Kier molecular flexibility index (Phi) is 7.27. The van der Waals surface area contributed by atoms with E-state index in [9.17, 15) is 0 Å². The summed E-state index contributed by atoms with van der Waals surface area (Å²) in [6.07, 6.45) is 0. The summed E-state index contributed by atoms with van der Waals surface area (Å²) in [6.45, 7) is 0.318. The minimum Gasteiger partial charge on any atom is -0.370 e. The summed E-state index contributed by atoms with van der Waals surface area (Å²) in [5.41, 5.74) is 24.9. The Labute approximate surface area is 165 Å². The Balaban J connectivity index is 0.00000169. The number of anilines is 1. The number of nitrogen functional groups attached to an aromatic ring is 1. The summed E-state index contributed by atoms with van der Waals surface area (Å²) in [5, 5.41) is 6.29. The van der Waals surface area contributed by atoms with Crippen LogP contribution in [-0.4, -0.2) is 30.7 Å². The molecule has 0 unspecified atom stereocenters. The highest BCUT2D eigenvalue weighted by molar-refractivity contribution is 7.13. The fourth-order valence-corrected chi connectivity index (χ4v) is 2.85. The SMILES string of the molecule is Cl.Cl.Cn1nc(N)nc1-c1ccc(CN)c(-c2csc(N=C(N)N)n2)n1. The molecule has 140 valence electrons. The van der Waals surface area contributed by atoms with Gasteiger partial charge in [-0.2, -0.15) is 9.98 Å². The van der Waals surface area contributed by atoms with Crippen molar-refractivity contribution >= 4 is 53.2 Å². The number of nitrogens with two attached hydrogens (primary N) is 4. The highest BCUT2D eigenvalue weighted by Gasteiger charge is 2.15. The van der Waals surface area contributed by atoms with E-state index >= 15 is 0 Å². The number of halogens is 2. The average molecular weight is 417 g/mol. The Morgan fingerprint density at radius 3 is 2.46 bits per heavy atom. The molecular formula is C13H18Cl2N10S. The molecule has 26 heavy (non-hydrogen) atoms. The first-order valence-corrected chi connectivity index (χ1v) is 7.78. The Morgan fingerprint density at radius 2 is 1.88 bits per heavy atom. The van der Waals surface area contributed by atoms with Gasteiger partial charge >= 0.3 is 0 Å². The van der Waals surface area contributed by atoms with Gasteiger partial charge in [-0.15, -0.1) is 41.2 Å². The van der Waals surface area contributed by atoms with Crippen LogP contribution in [0.15, 0.2) is 22.5 Å². The minimum atomic E-state index is -0.0498. The van der Waals surface area contributed by atoms with Crippen LogP contribution in [0, 0.1) is 0 Å². The molecule has 0 radical (unpaired) electrons. The molecule has 10 nitrogen and oxygen atoms in total. The van der Waals surface area contributed by atoms with Crippen LogP contribution in [0.3, 0.4) is 0 Å². The maximum Gasteiger partial charge on any atom is 0.240 e. The predicted octanol–water partition coefficient (Wildman–Crippen LogP) is 0.790. The van der Waals surface area contributed by atoms with E-state index in [-0.39, 0.29) is 36.7 Å². The van der Waals surface area contributed by atoms with Gasteiger partial charge in [-0.05, 0) is 11.6 Å². The van der Waals surface area contributed by atoms with Gasteiger partial charge in [0.1, 0.15) is 11.4 Å².